The number of carbonyl (C=O) groups excluding carboxylic acids is 1. The predicted molar refractivity (Wildman–Crippen MR) is 105 cm³/mol. The van der Waals surface area contributed by atoms with Gasteiger partial charge in [0.1, 0.15) is 0 Å². The van der Waals surface area contributed by atoms with E-state index in [1.807, 2.05) is 24.3 Å². The molecule has 0 fully saturated rings. The minimum atomic E-state index is -0.397. The number of rotatable bonds is 10. The molecule has 25 heavy (non-hydrogen) atoms. The fraction of sp³-hybridized carbons (Fsp3) is 0.522. The van der Waals surface area contributed by atoms with Gasteiger partial charge in [-0.25, -0.2) is 0 Å². The number of allylic oxidation sites excluding steroid dienone is 4. The summed E-state index contributed by atoms with van der Waals surface area (Å²) in [5.41, 5.74) is 2.02. The molecular weight excluding hydrogens is 308 g/mol. The Kier molecular flexibility index (Phi) is 8.14. The van der Waals surface area contributed by atoms with Crippen LogP contribution in [-0.2, 0) is 4.79 Å². The molecule has 2 nitrogen and oxygen atoms in total. The Morgan fingerprint density at radius 1 is 1.08 bits per heavy atom. The van der Waals surface area contributed by atoms with Gasteiger partial charge in [-0.3, -0.25) is 4.79 Å². The highest BCUT2D eigenvalue weighted by molar-refractivity contribution is 5.98. The standard InChI is InChI=1S/C23H32O2/c1-3-5-7-9-10-19-16-17-22(25)23(19)20-14-12-18(13-15-20)21(24)11-8-6-4-2/h7,9,12-17,19,21,23-24H,3-6,8,10-11H2,1-2H3/b9-7-/t19-,21?,23-/m0/s1. The van der Waals surface area contributed by atoms with Crippen LogP contribution in [0, 0.1) is 5.92 Å². The van der Waals surface area contributed by atoms with Gasteiger partial charge in [0.15, 0.2) is 5.78 Å². The molecule has 2 heteroatoms. The lowest BCUT2D eigenvalue weighted by Gasteiger charge is -2.18. The predicted octanol–water partition coefficient (Wildman–Crippen LogP) is 5.89. The number of aliphatic hydroxyl groups excluding tert-OH is 1. The zero-order chi connectivity index (χ0) is 18.1. The van der Waals surface area contributed by atoms with Gasteiger partial charge in [0.25, 0.3) is 0 Å². The second-order valence-electron chi connectivity index (χ2n) is 7.08. The molecule has 0 amide bonds. The molecule has 1 aromatic carbocycles. The van der Waals surface area contributed by atoms with Gasteiger partial charge < -0.3 is 5.11 Å². The first kappa shape index (κ1) is 19.7. The molecule has 0 saturated heterocycles. The van der Waals surface area contributed by atoms with E-state index in [1.165, 1.54) is 0 Å². The molecule has 1 N–H and O–H groups in total. The highest BCUT2D eigenvalue weighted by atomic mass is 16.3. The van der Waals surface area contributed by atoms with Crippen molar-refractivity contribution in [2.24, 2.45) is 5.92 Å². The van der Waals surface area contributed by atoms with Crippen LogP contribution in [0.25, 0.3) is 0 Å². The zero-order valence-corrected chi connectivity index (χ0v) is 15.7. The molecule has 1 aliphatic rings. The van der Waals surface area contributed by atoms with Crippen LogP contribution in [0.15, 0.2) is 48.6 Å². The SMILES string of the molecule is CCC/C=C\C[C@H]1C=CC(=O)[C@@H]1c1ccc(C(O)CCCCC)cc1. The number of hydrogen-bond donors (Lipinski definition) is 1. The molecule has 0 bridgehead atoms. The Balaban J connectivity index is 2.00. The summed E-state index contributed by atoms with van der Waals surface area (Å²) in [5.74, 6) is 0.378. The summed E-state index contributed by atoms with van der Waals surface area (Å²) in [7, 11) is 0. The quantitative estimate of drug-likeness (QED) is 0.426. The fourth-order valence-corrected chi connectivity index (χ4v) is 3.49. The largest absolute Gasteiger partial charge is 0.388 e. The molecule has 1 aromatic rings. The van der Waals surface area contributed by atoms with E-state index in [0.717, 1.165) is 56.1 Å². The van der Waals surface area contributed by atoms with E-state index in [1.54, 1.807) is 6.08 Å². The molecule has 0 aromatic heterocycles. The summed E-state index contributed by atoms with van der Waals surface area (Å²) < 4.78 is 0. The van der Waals surface area contributed by atoms with Crippen LogP contribution in [0.2, 0.25) is 0 Å². The number of unbranched alkanes of at least 4 members (excludes halogenated alkanes) is 3. The third-order valence-electron chi connectivity index (χ3n) is 5.03. The average Bonchev–Trinajstić information content (AvgIpc) is 2.99. The van der Waals surface area contributed by atoms with Crippen LogP contribution in [0.4, 0.5) is 0 Å². The Hall–Kier alpha value is -1.67. The molecule has 2 rings (SSSR count). The van der Waals surface area contributed by atoms with Gasteiger partial charge in [0, 0.05) is 0 Å². The fourth-order valence-electron chi connectivity index (χ4n) is 3.49. The van der Waals surface area contributed by atoms with Crippen LogP contribution in [0.5, 0.6) is 0 Å². The summed E-state index contributed by atoms with van der Waals surface area (Å²) in [6, 6.07) is 8.02. The van der Waals surface area contributed by atoms with E-state index >= 15 is 0 Å². The minimum absolute atomic E-state index is 0.0717. The molecule has 1 unspecified atom stereocenters. The molecule has 0 aliphatic heterocycles. The summed E-state index contributed by atoms with van der Waals surface area (Å²) in [6.07, 6.45) is 15.1. The number of hydrogen-bond acceptors (Lipinski definition) is 2. The highest BCUT2D eigenvalue weighted by Crippen LogP contribution is 2.35. The van der Waals surface area contributed by atoms with E-state index in [0.29, 0.717) is 0 Å². The number of benzene rings is 1. The molecule has 0 heterocycles. The van der Waals surface area contributed by atoms with Crippen molar-refractivity contribution >= 4 is 5.78 Å². The monoisotopic (exact) mass is 340 g/mol. The van der Waals surface area contributed by atoms with Crippen molar-refractivity contribution < 1.29 is 9.90 Å². The summed E-state index contributed by atoms with van der Waals surface area (Å²) in [5, 5.41) is 10.3. The van der Waals surface area contributed by atoms with Gasteiger partial charge in [0.05, 0.1) is 12.0 Å². The van der Waals surface area contributed by atoms with Gasteiger partial charge in [0.2, 0.25) is 0 Å². The normalized spacial score (nSPS) is 21.3. The maximum Gasteiger partial charge on any atom is 0.163 e. The van der Waals surface area contributed by atoms with E-state index in [-0.39, 0.29) is 17.6 Å². The first-order chi connectivity index (χ1) is 12.2. The Bertz CT molecular complexity index is 583. The summed E-state index contributed by atoms with van der Waals surface area (Å²) in [4.78, 5) is 12.3. The minimum Gasteiger partial charge on any atom is -0.388 e. The highest BCUT2D eigenvalue weighted by Gasteiger charge is 2.30. The topological polar surface area (TPSA) is 37.3 Å². The van der Waals surface area contributed by atoms with Crippen LogP contribution >= 0.6 is 0 Å². The van der Waals surface area contributed by atoms with Crippen molar-refractivity contribution in [1.82, 2.24) is 0 Å². The van der Waals surface area contributed by atoms with E-state index in [9.17, 15) is 9.90 Å². The first-order valence-corrected chi connectivity index (χ1v) is 9.82. The maximum absolute atomic E-state index is 12.3. The smallest absolute Gasteiger partial charge is 0.163 e. The summed E-state index contributed by atoms with van der Waals surface area (Å²) in [6.45, 7) is 4.34. The number of aliphatic hydroxyl groups is 1. The lowest BCUT2D eigenvalue weighted by atomic mass is 9.85. The average molecular weight is 341 g/mol. The van der Waals surface area contributed by atoms with Gasteiger partial charge in [-0.2, -0.15) is 0 Å². The second-order valence-corrected chi connectivity index (χ2v) is 7.08. The van der Waals surface area contributed by atoms with Crippen LogP contribution in [-0.4, -0.2) is 10.9 Å². The maximum atomic E-state index is 12.3. The molecule has 0 radical (unpaired) electrons. The number of carbonyl (C=O) groups is 1. The third kappa shape index (κ3) is 5.67. The Morgan fingerprint density at radius 2 is 1.84 bits per heavy atom. The van der Waals surface area contributed by atoms with Crippen molar-refractivity contribution in [3.05, 3.63) is 59.7 Å². The molecule has 0 saturated carbocycles. The van der Waals surface area contributed by atoms with E-state index < -0.39 is 6.10 Å². The van der Waals surface area contributed by atoms with Gasteiger partial charge >= 0.3 is 0 Å². The second kappa shape index (κ2) is 10.4. The third-order valence-corrected chi connectivity index (χ3v) is 5.03. The Morgan fingerprint density at radius 3 is 2.52 bits per heavy atom. The van der Waals surface area contributed by atoms with Gasteiger partial charge in [-0.05, 0) is 42.4 Å². The first-order valence-electron chi connectivity index (χ1n) is 9.82. The van der Waals surface area contributed by atoms with Crippen LogP contribution < -0.4 is 0 Å². The zero-order valence-electron chi connectivity index (χ0n) is 15.7. The molecule has 0 spiro atoms. The Labute approximate surface area is 152 Å². The van der Waals surface area contributed by atoms with Crippen molar-refractivity contribution in [1.29, 1.82) is 0 Å². The molecular formula is C23H32O2. The van der Waals surface area contributed by atoms with Crippen molar-refractivity contribution in [3.8, 4) is 0 Å². The van der Waals surface area contributed by atoms with Gasteiger partial charge in [-0.1, -0.05) is 82.0 Å². The summed E-state index contributed by atoms with van der Waals surface area (Å²) >= 11 is 0. The lowest BCUT2D eigenvalue weighted by molar-refractivity contribution is -0.115. The van der Waals surface area contributed by atoms with E-state index in [2.05, 4.69) is 32.1 Å². The van der Waals surface area contributed by atoms with Crippen LogP contribution in [0.1, 0.15) is 81.9 Å². The molecule has 136 valence electrons. The van der Waals surface area contributed by atoms with Crippen molar-refractivity contribution in [3.63, 3.8) is 0 Å². The van der Waals surface area contributed by atoms with Crippen LogP contribution in [0.3, 0.4) is 0 Å². The lowest BCUT2D eigenvalue weighted by Crippen LogP contribution is -2.13. The van der Waals surface area contributed by atoms with Crippen molar-refractivity contribution in [2.45, 2.75) is 70.8 Å². The number of ketones is 1. The molecule has 3 atom stereocenters. The van der Waals surface area contributed by atoms with Crippen molar-refractivity contribution in [2.75, 3.05) is 0 Å². The molecule has 1 aliphatic carbocycles. The van der Waals surface area contributed by atoms with E-state index in [4.69, 9.17) is 0 Å². The van der Waals surface area contributed by atoms with Gasteiger partial charge in [-0.15, -0.1) is 0 Å².